The summed E-state index contributed by atoms with van der Waals surface area (Å²) in [6, 6.07) is 12.5. The number of Topliss-reactive ketones (excluding diaryl/α,β-unsaturated/α-hetero) is 1. The van der Waals surface area contributed by atoms with Crippen molar-refractivity contribution in [3.05, 3.63) is 77.0 Å². The van der Waals surface area contributed by atoms with Gasteiger partial charge in [-0.2, -0.15) is 0 Å². The summed E-state index contributed by atoms with van der Waals surface area (Å²) in [5.41, 5.74) is 5.14. The predicted molar refractivity (Wildman–Crippen MR) is 108 cm³/mol. The summed E-state index contributed by atoms with van der Waals surface area (Å²) in [6.07, 6.45) is 6.47. The molecule has 0 unspecified atom stereocenters. The van der Waals surface area contributed by atoms with E-state index in [1.54, 1.807) is 0 Å². The molecule has 144 valence electrons. The third kappa shape index (κ3) is 3.64. The third-order valence-electron chi connectivity index (χ3n) is 5.78. The molecule has 0 N–H and O–H groups in total. The van der Waals surface area contributed by atoms with Crippen molar-refractivity contribution in [2.45, 2.75) is 52.6 Å². The molecule has 0 atom stereocenters. The van der Waals surface area contributed by atoms with Crippen molar-refractivity contribution >= 4 is 5.78 Å². The van der Waals surface area contributed by atoms with E-state index in [1.807, 2.05) is 37.3 Å². The van der Waals surface area contributed by atoms with Crippen LogP contribution in [0.3, 0.4) is 0 Å². The summed E-state index contributed by atoms with van der Waals surface area (Å²) in [5, 5.41) is 0. The molecule has 1 aliphatic rings. The van der Waals surface area contributed by atoms with Gasteiger partial charge >= 0.3 is 0 Å². The number of imidazole rings is 1. The van der Waals surface area contributed by atoms with Gasteiger partial charge in [0.05, 0.1) is 6.54 Å². The van der Waals surface area contributed by atoms with E-state index in [0.717, 1.165) is 48.2 Å². The Morgan fingerprint density at radius 1 is 1.04 bits per heavy atom. The number of carbonyl (C=O) groups excluding carboxylic acids is 1. The zero-order valence-electron chi connectivity index (χ0n) is 16.5. The smallest absolute Gasteiger partial charge is 0.257 e. The lowest BCUT2D eigenvalue weighted by Gasteiger charge is -2.05. The average molecular weight is 377 g/mol. The second-order valence-electron chi connectivity index (χ2n) is 7.75. The van der Waals surface area contributed by atoms with E-state index in [1.165, 1.54) is 29.9 Å². The van der Waals surface area contributed by atoms with Gasteiger partial charge in [-0.25, -0.2) is 13.5 Å². The number of benzene rings is 2. The maximum absolute atomic E-state index is 13.4. The number of carbonyl (C=O) groups is 1. The van der Waals surface area contributed by atoms with Crippen LogP contribution in [0.25, 0.3) is 11.3 Å². The second kappa shape index (κ2) is 7.70. The predicted octanol–water partition coefficient (Wildman–Crippen LogP) is 4.81. The van der Waals surface area contributed by atoms with Crippen LogP contribution in [0.1, 0.15) is 46.6 Å². The zero-order chi connectivity index (χ0) is 19.7. The van der Waals surface area contributed by atoms with E-state index in [-0.39, 0.29) is 11.6 Å². The van der Waals surface area contributed by atoms with Crippen LogP contribution in [-0.2, 0) is 19.5 Å². The summed E-state index contributed by atoms with van der Waals surface area (Å²) in [4.78, 5) is 13.0. The molecule has 2 aromatic carbocycles. The Kier molecular flexibility index (Phi) is 5.12. The first-order valence-electron chi connectivity index (χ1n) is 10.0. The number of fused-ring (bicyclic) bond motifs is 1. The van der Waals surface area contributed by atoms with Crippen molar-refractivity contribution in [1.29, 1.82) is 0 Å². The van der Waals surface area contributed by atoms with Crippen LogP contribution in [0.2, 0.25) is 0 Å². The summed E-state index contributed by atoms with van der Waals surface area (Å²) >= 11 is 0. The van der Waals surface area contributed by atoms with Crippen molar-refractivity contribution in [2.24, 2.45) is 0 Å². The van der Waals surface area contributed by atoms with Gasteiger partial charge in [0.2, 0.25) is 5.78 Å². The first kappa shape index (κ1) is 18.6. The molecule has 0 bridgehead atoms. The van der Waals surface area contributed by atoms with Gasteiger partial charge in [0.1, 0.15) is 12.0 Å². The minimum Gasteiger partial charge on any atom is -0.290 e. The molecule has 3 aromatic rings. The highest BCUT2D eigenvalue weighted by Gasteiger charge is 2.27. The van der Waals surface area contributed by atoms with Gasteiger partial charge in [-0.1, -0.05) is 12.1 Å². The lowest BCUT2D eigenvalue weighted by atomic mass is 10.0. The summed E-state index contributed by atoms with van der Waals surface area (Å²) in [6.45, 7) is 5.36. The van der Waals surface area contributed by atoms with Gasteiger partial charge in [-0.3, -0.25) is 4.79 Å². The molecule has 0 aliphatic carbocycles. The SMILES string of the molecule is Cc1ccc(C(=O)C[n+]2cc(-c3ccc(F)cc3)n3c2CCCCC3)cc1C. The Hall–Kier alpha value is -2.75. The van der Waals surface area contributed by atoms with E-state index in [9.17, 15) is 9.18 Å². The monoisotopic (exact) mass is 377 g/mol. The van der Waals surface area contributed by atoms with Crippen LogP contribution in [0.5, 0.6) is 0 Å². The lowest BCUT2D eigenvalue weighted by molar-refractivity contribution is -0.690. The standard InChI is InChI=1S/C24H26FN2O/c1-17-7-8-20(14-18(17)2)23(28)16-26-15-22(19-9-11-21(25)12-10-19)27-13-5-3-4-6-24(26)27/h7-12,14-15H,3-6,13,16H2,1-2H3/q+1. The van der Waals surface area contributed by atoms with E-state index in [2.05, 4.69) is 22.3 Å². The number of hydrogen-bond donors (Lipinski definition) is 0. The molecule has 0 radical (unpaired) electrons. The van der Waals surface area contributed by atoms with E-state index in [0.29, 0.717) is 6.54 Å². The highest BCUT2D eigenvalue weighted by Crippen LogP contribution is 2.24. The van der Waals surface area contributed by atoms with Crippen LogP contribution in [-0.4, -0.2) is 10.4 Å². The van der Waals surface area contributed by atoms with Gasteiger partial charge in [0.25, 0.3) is 5.82 Å². The summed E-state index contributed by atoms with van der Waals surface area (Å²) in [5.74, 6) is 1.08. The van der Waals surface area contributed by atoms with Crippen molar-refractivity contribution < 1.29 is 13.8 Å². The number of aryl methyl sites for hydroxylation is 2. The molecular weight excluding hydrogens is 351 g/mol. The van der Waals surface area contributed by atoms with Crippen molar-refractivity contribution in [1.82, 2.24) is 4.57 Å². The van der Waals surface area contributed by atoms with E-state index < -0.39 is 0 Å². The molecule has 0 fully saturated rings. The summed E-state index contributed by atoms with van der Waals surface area (Å²) in [7, 11) is 0. The molecule has 0 spiro atoms. The topological polar surface area (TPSA) is 25.9 Å². The number of nitrogens with zero attached hydrogens (tertiary/aromatic N) is 2. The van der Waals surface area contributed by atoms with Crippen LogP contribution < -0.4 is 4.57 Å². The average Bonchev–Trinajstić information content (AvgIpc) is 2.86. The Balaban J connectivity index is 1.71. The van der Waals surface area contributed by atoms with Crippen LogP contribution >= 0.6 is 0 Å². The molecule has 3 nitrogen and oxygen atoms in total. The fraction of sp³-hybridized carbons (Fsp3) is 0.333. The number of halogens is 1. The first-order valence-corrected chi connectivity index (χ1v) is 10.0. The first-order chi connectivity index (χ1) is 13.5. The fourth-order valence-corrected chi connectivity index (χ4v) is 3.99. The molecule has 1 aromatic heterocycles. The maximum Gasteiger partial charge on any atom is 0.257 e. The Bertz CT molecular complexity index is 1020. The number of hydrogen-bond acceptors (Lipinski definition) is 1. The van der Waals surface area contributed by atoms with Crippen molar-refractivity contribution in [3.8, 4) is 11.3 Å². The molecule has 28 heavy (non-hydrogen) atoms. The molecule has 4 rings (SSSR count). The minimum absolute atomic E-state index is 0.122. The Morgan fingerprint density at radius 3 is 2.57 bits per heavy atom. The molecule has 1 aliphatic heterocycles. The van der Waals surface area contributed by atoms with Gasteiger partial charge in [0.15, 0.2) is 12.2 Å². The van der Waals surface area contributed by atoms with Crippen molar-refractivity contribution in [2.75, 3.05) is 0 Å². The zero-order valence-corrected chi connectivity index (χ0v) is 16.5. The van der Waals surface area contributed by atoms with Gasteiger partial charge in [-0.05, 0) is 74.6 Å². The number of ketones is 1. The second-order valence-corrected chi connectivity index (χ2v) is 7.75. The molecule has 0 saturated carbocycles. The minimum atomic E-state index is -0.232. The Labute approximate surface area is 165 Å². The van der Waals surface area contributed by atoms with Gasteiger partial charge < -0.3 is 0 Å². The molecular formula is C24H26FN2O+. The highest BCUT2D eigenvalue weighted by molar-refractivity contribution is 5.95. The fourth-order valence-electron chi connectivity index (χ4n) is 3.99. The van der Waals surface area contributed by atoms with Crippen LogP contribution in [0.15, 0.2) is 48.7 Å². The van der Waals surface area contributed by atoms with E-state index >= 15 is 0 Å². The molecule has 0 saturated heterocycles. The molecule has 0 amide bonds. The highest BCUT2D eigenvalue weighted by atomic mass is 19.1. The quantitative estimate of drug-likeness (QED) is 0.473. The van der Waals surface area contributed by atoms with Gasteiger partial charge in [-0.15, -0.1) is 0 Å². The number of rotatable bonds is 4. The molecule has 4 heteroatoms. The number of aromatic nitrogens is 2. The third-order valence-corrected chi connectivity index (χ3v) is 5.78. The molecule has 2 heterocycles. The normalized spacial score (nSPS) is 13.8. The lowest BCUT2D eigenvalue weighted by Crippen LogP contribution is -2.40. The van der Waals surface area contributed by atoms with Crippen LogP contribution in [0.4, 0.5) is 4.39 Å². The van der Waals surface area contributed by atoms with E-state index in [4.69, 9.17) is 0 Å². The van der Waals surface area contributed by atoms with Crippen LogP contribution in [0, 0.1) is 19.7 Å². The largest absolute Gasteiger partial charge is 0.290 e. The van der Waals surface area contributed by atoms with Crippen molar-refractivity contribution in [3.63, 3.8) is 0 Å². The summed E-state index contributed by atoms with van der Waals surface area (Å²) < 4.78 is 17.8. The van der Waals surface area contributed by atoms with Gasteiger partial charge in [0, 0.05) is 17.5 Å². The maximum atomic E-state index is 13.4. The Morgan fingerprint density at radius 2 is 1.82 bits per heavy atom.